The molecule has 130 valence electrons. The summed E-state index contributed by atoms with van der Waals surface area (Å²) < 4.78 is 6.15. The van der Waals surface area contributed by atoms with Crippen LogP contribution in [0.25, 0.3) is 10.9 Å². The summed E-state index contributed by atoms with van der Waals surface area (Å²) in [6.07, 6.45) is 5.81. The van der Waals surface area contributed by atoms with Gasteiger partial charge in [0, 0.05) is 47.3 Å². The summed E-state index contributed by atoms with van der Waals surface area (Å²) in [5.74, 6) is 3.13. The molecule has 3 atom stereocenters. The van der Waals surface area contributed by atoms with Crippen molar-refractivity contribution < 1.29 is 9.84 Å². The third-order valence-electron chi connectivity index (χ3n) is 5.63. The van der Waals surface area contributed by atoms with E-state index in [2.05, 4.69) is 64.9 Å². The number of aromatic nitrogens is 1. The van der Waals surface area contributed by atoms with Gasteiger partial charge in [0.15, 0.2) is 0 Å². The summed E-state index contributed by atoms with van der Waals surface area (Å²) in [5, 5.41) is 13.8. The number of aromatic amines is 1. The Balaban J connectivity index is 1.57. The van der Waals surface area contributed by atoms with Crippen molar-refractivity contribution >= 4 is 16.6 Å². The summed E-state index contributed by atoms with van der Waals surface area (Å²) in [6, 6.07) is 15.0. The van der Waals surface area contributed by atoms with Crippen LogP contribution < -0.4 is 5.32 Å². The van der Waals surface area contributed by atoms with E-state index in [4.69, 9.17) is 9.84 Å². The van der Waals surface area contributed by atoms with Gasteiger partial charge in [-0.25, -0.2) is 0 Å². The molecule has 0 radical (unpaired) electrons. The van der Waals surface area contributed by atoms with Crippen molar-refractivity contribution in [3.8, 4) is 12.0 Å². The Morgan fingerprint density at radius 1 is 1.15 bits per heavy atom. The van der Waals surface area contributed by atoms with Gasteiger partial charge in [0.2, 0.25) is 0 Å². The van der Waals surface area contributed by atoms with Crippen LogP contribution in [0.2, 0.25) is 0 Å². The van der Waals surface area contributed by atoms with Crippen LogP contribution >= 0.6 is 0 Å². The molecule has 2 aliphatic heterocycles. The van der Waals surface area contributed by atoms with E-state index >= 15 is 0 Å². The predicted octanol–water partition coefficient (Wildman–Crippen LogP) is 4.29. The first-order valence-corrected chi connectivity index (χ1v) is 9.04. The van der Waals surface area contributed by atoms with E-state index in [1.165, 1.54) is 22.0 Å². The summed E-state index contributed by atoms with van der Waals surface area (Å²) in [4.78, 5) is 3.40. The second kappa shape index (κ2) is 6.12. The fourth-order valence-corrected chi connectivity index (χ4v) is 4.43. The molecule has 1 aromatic heterocycles. The molecule has 2 aliphatic rings. The summed E-state index contributed by atoms with van der Waals surface area (Å²) in [5.41, 5.74) is 5.92. The second-order valence-electron chi connectivity index (χ2n) is 7.04. The number of para-hydroxylation sites is 1. The summed E-state index contributed by atoms with van der Waals surface area (Å²) in [6.45, 7) is 0.788. The fraction of sp³-hybridized carbons (Fsp3) is 0.273. The number of nitrogens with one attached hydrogen (secondary N) is 2. The van der Waals surface area contributed by atoms with E-state index in [0.29, 0.717) is 12.3 Å². The minimum Gasteiger partial charge on any atom is -0.462 e. The smallest absolute Gasteiger partial charge is 0.107 e. The Labute approximate surface area is 152 Å². The molecule has 4 heteroatoms. The Hall–Kier alpha value is -2.90. The number of aliphatic hydroxyl groups is 1. The van der Waals surface area contributed by atoms with Gasteiger partial charge in [0.05, 0.1) is 12.1 Å². The molecule has 3 heterocycles. The van der Waals surface area contributed by atoms with Gasteiger partial charge >= 0.3 is 0 Å². The van der Waals surface area contributed by atoms with E-state index in [-0.39, 0.29) is 12.1 Å². The maximum atomic E-state index is 8.74. The molecule has 1 fully saturated rings. The minimum atomic E-state index is 0.104. The van der Waals surface area contributed by atoms with Gasteiger partial charge in [0.1, 0.15) is 6.11 Å². The molecule has 2 aromatic carbocycles. The molecule has 1 saturated heterocycles. The van der Waals surface area contributed by atoms with Crippen molar-refractivity contribution in [2.45, 2.75) is 25.0 Å². The summed E-state index contributed by atoms with van der Waals surface area (Å²) >= 11 is 0. The van der Waals surface area contributed by atoms with Crippen LogP contribution in [0.5, 0.6) is 0 Å². The average molecular weight is 344 g/mol. The number of fused-ring (bicyclic) bond motifs is 4. The number of anilines is 1. The van der Waals surface area contributed by atoms with Crippen molar-refractivity contribution in [1.29, 1.82) is 0 Å². The number of H-pyrrole nitrogens is 1. The van der Waals surface area contributed by atoms with Gasteiger partial charge in [-0.15, -0.1) is 0 Å². The lowest BCUT2D eigenvalue weighted by Crippen LogP contribution is -2.29. The zero-order chi connectivity index (χ0) is 17.5. The molecule has 0 saturated carbocycles. The monoisotopic (exact) mass is 344 g/mol. The molecule has 0 amide bonds. The lowest BCUT2D eigenvalue weighted by Gasteiger charge is -2.36. The van der Waals surface area contributed by atoms with Crippen LogP contribution in [0, 0.1) is 17.9 Å². The first-order valence-electron chi connectivity index (χ1n) is 9.04. The van der Waals surface area contributed by atoms with Crippen LogP contribution in [0.3, 0.4) is 0 Å². The quantitative estimate of drug-likeness (QED) is 0.608. The van der Waals surface area contributed by atoms with Gasteiger partial charge in [-0.3, -0.25) is 0 Å². The molecule has 0 aliphatic carbocycles. The maximum absolute atomic E-state index is 8.74. The molecule has 3 N–H and O–H groups in total. The Morgan fingerprint density at radius 3 is 3.00 bits per heavy atom. The zero-order valence-electron chi connectivity index (χ0n) is 14.3. The van der Waals surface area contributed by atoms with Crippen molar-refractivity contribution in [1.82, 2.24) is 4.98 Å². The van der Waals surface area contributed by atoms with Crippen molar-refractivity contribution in [2.24, 2.45) is 5.92 Å². The Bertz CT molecular complexity index is 1030. The SMILES string of the molecule is OC#CCc1ccc2c(c1)[C@H]1OCC[C@H]1C(c1c[nH]c3ccccc13)N2. The molecular weight excluding hydrogens is 324 g/mol. The van der Waals surface area contributed by atoms with Crippen LogP contribution in [0.15, 0.2) is 48.7 Å². The van der Waals surface area contributed by atoms with Crippen LogP contribution in [-0.2, 0) is 11.2 Å². The van der Waals surface area contributed by atoms with E-state index < -0.39 is 0 Å². The van der Waals surface area contributed by atoms with Crippen LogP contribution in [0.4, 0.5) is 5.69 Å². The lowest BCUT2D eigenvalue weighted by molar-refractivity contribution is 0.0830. The molecule has 3 aromatic rings. The van der Waals surface area contributed by atoms with E-state index in [0.717, 1.165) is 24.3 Å². The van der Waals surface area contributed by atoms with Gasteiger partial charge in [0.25, 0.3) is 0 Å². The van der Waals surface area contributed by atoms with Crippen molar-refractivity contribution in [3.05, 3.63) is 65.4 Å². The number of rotatable bonds is 2. The zero-order valence-corrected chi connectivity index (χ0v) is 14.3. The Kier molecular flexibility index (Phi) is 3.62. The number of hydrogen-bond donors (Lipinski definition) is 3. The first-order chi connectivity index (χ1) is 12.8. The maximum Gasteiger partial charge on any atom is 0.107 e. The molecule has 26 heavy (non-hydrogen) atoms. The standard InChI is InChI=1S/C22H20N2O2/c25-10-3-4-14-7-8-20-17(12-14)22-16(9-11-26-22)21(24-20)18-13-23-19-6-2-1-5-15(18)19/h1-2,5-8,12-13,16,21-25H,4,9,11H2/t16-,21?,22-/m0/s1. The highest BCUT2D eigenvalue weighted by molar-refractivity contribution is 5.84. The molecule has 0 spiro atoms. The number of aliphatic hydroxyl groups excluding tert-OH is 1. The number of ether oxygens (including phenoxy) is 1. The van der Waals surface area contributed by atoms with Gasteiger partial charge in [-0.2, -0.15) is 0 Å². The highest BCUT2D eigenvalue weighted by Crippen LogP contribution is 2.50. The van der Waals surface area contributed by atoms with Crippen molar-refractivity contribution in [3.63, 3.8) is 0 Å². The third kappa shape index (κ3) is 2.36. The predicted molar refractivity (Wildman–Crippen MR) is 101 cm³/mol. The fourth-order valence-electron chi connectivity index (χ4n) is 4.43. The second-order valence-corrected chi connectivity index (χ2v) is 7.04. The largest absolute Gasteiger partial charge is 0.462 e. The first kappa shape index (κ1) is 15.4. The van der Waals surface area contributed by atoms with Gasteiger partial charge in [-0.1, -0.05) is 36.3 Å². The van der Waals surface area contributed by atoms with Gasteiger partial charge in [-0.05, 0) is 29.7 Å². The van der Waals surface area contributed by atoms with Crippen LogP contribution in [-0.4, -0.2) is 16.7 Å². The molecular formula is C22H20N2O2. The van der Waals surface area contributed by atoms with E-state index in [1.54, 1.807) is 0 Å². The third-order valence-corrected chi connectivity index (χ3v) is 5.63. The summed E-state index contributed by atoms with van der Waals surface area (Å²) in [7, 11) is 0. The van der Waals surface area contributed by atoms with Gasteiger partial charge < -0.3 is 20.1 Å². The minimum absolute atomic E-state index is 0.104. The lowest BCUT2D eigenvalue weighted by atomic mass is 9.80. The molecule has 5 rings (SSSR count). The number of benzene rings is 2. The van der Waals surface area contributed by atoms with E-state index in [1.807, 2.05) is 6.11 Å². The molecule has 1 unspecified atom stereocenters. The highest BCUT2D eigenvalue weighted by atomic mass is 16.5. The average Bonchev–Trinajstić information content (AvgIpc) is 3.33. The normalized spacial score (nSPS) is 23.6. The molecule has 0 bridgehead atoms. The molecule has 4 nitrogen and oxygen atoms in total. The number of hydrogen-bond acceptors (Lipinski definition) is 3. The Morgan fingerprint density at radius 2 is 2.08 bits per heavy atom. The van der Waals surface area contributed by atoms with E-state index in [9.17, 15) is 0 Å². The highest BCUT2D eigenvalue weighted by Gasteiger charge is 2.42. The van der Waals surface area contributed by atoms with Crippen LogP contribution in [0.1, 0.15) is 35.3 Å². The van der Waals surface area contributed by atoms with Crippen molar-refractivity contribution in [2.75, 3.05) is 11.9 Å². The topological polar surface area (TPSA) is 57.3 Å².